The van der Waals surface area contributed by atoms with E-state index in [1.807, 2.05) is 12.1 Å². The van der Waals surface area contributed by atoms with Crippen LogP contribution >= 0.6 is 0 Å². The molecule has 0 heterocycles. The van der Waals surface area contributed by atoms with Crippen molar-refractivity contribution in [3.8, 4) is 0 Å². The maximum absolute atomic E-state index is 11.3. The van der Waals surface area contributed by atoms with E-state index in [0.717, 1.165) is 29.6 Å². The summed E-state index contributed by atoms with van der Waals surface area (Å²) in [5, 5.41) is 0. The van der Waals surface area contributed by atoms with Gasteiger partial charge in [0, 0.05) is 5.56 Å². The lowest BCUT2D eigenvalue weighted by Gasteiger charge is -2.39. The lowest BCUT2D eigenvalue weighted by Crippen LogP contribution is -2.27. The van der Waals surface area contributed by atoms with Crippen LogP contribution in [0.5, 0.6) is 0 Å². The Labute approximate surface area is 114 Å². The fourth-order valence-corrected chi connectivity index (χ4v) is 4.85. The van der Waals surface area contributed by atoms with E-state index in [-0.39, 0.29) is 0 Å². The summed E-state index contributed by atoms with van der Waals surface area (Å²) in [4.78, 5) is 11.3. The molecule has 0 radical (unpaired) electrons. The standard InChI is InChI=1S/C18H20O/c19-11-15-3-1-2-4-17(15)18-10-14-6-12-5-13(7-14)9-16(18)8-12/h1-4,10-14,16H,5-9H2. The van der Waals surface area contributed by atoms with Crippen LogP contribution in [0.1, 0.15) is 48.0 Å². The lowest BCUT2D eigenvalue weighted by molar-refractivity contribution is 0.112. The van der Waals surface area contributed by atoms with Crippen LogP contribution in [0.3, 0.4) is 0 Å². The van der Waals surface area contributed by atoms with Crippen molar-refractivity contribution in [2.45, 2.75) is 32.1 Å². The van der Waals surface area contributed by atoms with Crippen LogP contribution < -0.4 is 0 Å². The van der Waals surface area contributed by atoms with E-state index in [1.165, 1.54) is 43.2 Å². The van der Waals surface area contributed by atoms with E-state index < -0.39 is 0 Å². The minimum absolute atomic E-state index is 0.706. The number of rotatable bonds is 2. The first kappa shape index (κ1) is 11.5. The third-order valence-electron chi connectivity index (χ3n) is 5.43. The first-order chi connectivity index (χ1) is 9.33. The molecule has 0 N–H and O–H groups in total. The number of aldehydes is 1. The summed E-state index contributed by atoms with van der Waals surface area (Å²) >= 11 is 0. The molecule has 2 saturated carbocycles. The molecule has 0 aromatic heterocycles. The first-order valence-electron chi connectivity index (χ1n) is 7.59. The molecule has 2 atom stereocenters. The second kappa shape index (κ2) is 4.33. The Kier molecular flexibility index (Phi) is 2.61. The predicted octanol–water partition coefficient (Wildman–Crippen LogP) is 4.34. The first-order valence-corrected chi connectivity index (χ1v) is 7.59. The average molecular weight is 252 g/mol. The molecular weight excluding hydrogens is 232 g/mol. The molecule has 4 aliphatic carbocycles. The van der Waals surface area contributed by atoms with Crippen LogP contribution in [0.4, 0.5) is 0 Å². The summed E-state index contributed by atoms with van der Waals surface area (Å²) in [6.45, 7) is 0. The number of hydrogen-bond acceptors (Lipinski definition) is 1. The van der Waals surface area contributed by atoms with Crippen LogP contribution in [-0.4, -0.2) is 6.29 Å². The minimum Gasteiger partial charge on any atom is -0.298 e. The summed E-state index contributed by atoms with van der Waals surface area (Å²) in [7, 11) is 0. The number of carbonyl (C=O) groups excluding carboxylic acids is 1. The Bertz CT molecular complexity index is 528. The number of carbonyl (C=O) groups is 1. The summed E-state index contributed by atoms with van der Waals surface area (Å²) in [5.41, 5.74) is 3.56. The van der Waals surface area contributed by atoms with Gasteiger partial charge in [0.05, 0.1) is 0 Å². The summed E-state index contributed by atoms with van der Waals surface area (Å²) in [6, 6.07) is 8.13. The number of allylic oxidation sites excluding steroid dienone is 2. The summed E-state index contributed by atoms with van der Waals surface area (Å²) in [5.74, 6) is 3.36. The van der Waals surface area contributed by atoms with Crippen molar-refractivity contribution < 1.29 is 4.79 Å². The van der Waals surface area contributed by atoms with Crippen molar-refractivity contribution in [1.29, 1.82) is 0 Å². The summed E-state index contributed by atoms with van der Waals surface area (Å²) < 4.78 is 0. The third-order valence-corrected chi connectivity index (χ3v) is 5.43. The van der Waals surface area contributed by atoms with Gasteiger partial charge in [-0.25, -0.2) is 0 Å². The third kappa shape index (κ3) is 1.87. The van der Waals surface area contributed by atoms with Crippen molar-refractivity contribution >= 4 is 11.9 Å². The van der Waals surface area contributed by atoms with Crippen LogP contribution in [0.15, 0.2) is 30.3 Å². The number of hydrogen-bond donors (Lipinski definition) is 0. The monoisotopic (exact) mass is 252 g/mol. The van der Waals surface area contributed by atoms with E-state index >= 15 is 0 Å². The zero-order chi connectivity index (χ0) is 12.8. The molecule has 0 aliphatic heterocycles. The van der Waals surface area contributed by atoms with Gasteiger partial charge in [0.15, 0.2) is 6.29 Å². The van der Waals surface area contributed by atoms with Gasteiger partial charge in [0.2, 0.25) is 0 Å². The fourth-order valence-electron chi connectivity index (χ4n) is 4.85. The van der Waals surface area contributed by atoms with Gasteiger partial charge in [0.1, 0.15) is 0 Å². The highest BCUT2D eigenvalue weighted by Gasteiger charge is 2.40. The molecule has 2 fully saturated rings. The van der Waals surface area contributed by atoms with Crippen LogP contribution in [-0.2, 0) is 0 Å². The van der Waals surface area contributed by atoms with Crippen molar-refractivity contribution in [3.05, 3.63) is 41.5 Å². The molecule has 5 rings (SSSR count). The van der Waals surface area contributed by atoms with Gasteiger partial charge >= 0.3 is 0 Å². The molecule has 0 spiro atoms. The smallest absolute Gasteiger partial charge is 0.150 e. The highest BCUT2D eigenvalue weighted by atomic mass is 16.1. The second-order valence-electron chi connectivity index (χ2n) is 6.69. The Morgan fingerprint density at radius 3 is 2.42 bits per heavy atom. The van der Waals surface area contributed by atoms with Crippen LogP contribution in [0.25, 0.3) is 5.57 Å². The lowest BCUT2D eigenvalue weighted by atomic mass is 9.66. The van der Waals surface area contributed by atoms with Gasteiger partial charge in [-0.2, -0.15) is 0 Å². The minimum atomic E-state index is 0.706. The molecule has 1 aromatic rings. The zero-order valence-corrected chi connectivity index (χ0v) is 11.2. The van der Waals surface area contributed by atoms with Gasteiger partial charge in [-0.05, 0) is 66.9 Å². The maximum atomic E-state index is 11.3. The molecule has 1 aromatic carbocycles. The Balaban J connectivity index is 1.80. The SMILES string of the molecule is O=Cc1ccccc1C1=CC2CC3CC(C2)CC1C3. The average Bonchev–Trinajstić information content (AvgIpc) is 2.62. The topological polar surface area (TPSA) is 17.1 Å². The largest absolute Gasteiger partial charge is 0.298 e. The number of benzene rings is 1. The zero-order valence-electron chi connectivity index (χ0n) is 11.2. The van der Waals surface area contributed by atoms with Gasteiger partial charge in [-0.1, -0.05) is 30.3 Å². The maximum Gasteiger partial charge on any atom is 0.150 e. The van der Waals surface area contributed by atoms with Crippen molar-refractivity contribution in [1.82, 2.24) is 0 Å². The normalized spacial score (nSPS) is 35.9. The quantitative estimate of drug-likeness (QED) is 0.716. The van der Waals surface area contributed by atoms with E-state index in [1.54, 1.807) is 0 Å². The van der Waals surface area contributed by atoms with Crippen molar-refractivity contribution in [2.24, 2.45) is 23.7 Å². The predicted molar refractivity (Wildman–Crippen MR) is 76.9 cm³/mol. The summed E-state index contributed by atoms with van der Waals surface area (Å²) in [6.07, 6.45) is 10.5. The van der Waals surface area contributed by atoms with Crippen LogP contribution in [0, 0.1) is 23.7 Å². The highest BCUT2D eigenvalue weighted by molar-refractivity contribution is 5.86. The molecule has 1 nitrogen and oxygen atoms in total. The molecule has 2 unspecified atom stereocenters. The molecular formula is C18H20O. The molecule has 19 heavy (non-hydrogen) atoms. The van der Waals surface area contributed by atoms with Gasteiger partial charge < -0.3 is 0 Å². The van der Waals surface area contributed by atoms with Crippen molar-refractivity contribution in [3.63, 3.8) is 0 Å². The fraction of sp³-hybridized carbons (Fsp3) is 0.500. The van der Waals surface area contributed by atoms with Gasteiger partial charge in [-0.15, -0.1) is 0 Å². The van der Waals surface area contributed by atoms with E-state index in [0.29, 0.717) is 5.92 Å². The van der Waals surface area contributed by atoms with Gasteiger partial charge in [-0.3, -0.25) is 4.79 Å². The van der Waals surface area contributed by atoms with E-state index in [9.17, 15) is 4.79 Å². The second-order valence-corrected chi connectivity index (χ2v) is 6.69. The van der Waals surface area contributed by atoms with E-state index in [2.05, 4.69) is 18.2 Å². The molecule has 98 valence electrons. The van der Waals surface area contributed by atoms with Crippen molar-refractivity contribution in [2.75, 3.05) is 0 Å². The Morgan fingerprint density at radius 1 is 0.947 bits per heavy atom. The highest BCUT2D eigenvalue weighted by Crippen LogP contribution is 2.53. The molecule has 4 aliphatic rings. The molecule has 1 heteroatoms. The molecule has 0 saturated heterocycles. The molecule has 4 bridgehead atoms. The Hall–Kier alpha value is -1.37. The van der Waals surface area contributed by atoms with Gasteiger partial charge in [0.25, 0.3) is 0 Å². The Morgan fingerprint density at radius 2 is 1.68 bits per heavy atom. The van der Waals surface area contributed by atoms with E-state index in [4.69, 9.17) is 0 Å². The molecule has 0 amide bonds. The van der Waals surface area contributed by atoms with Crippen LogP contribution in [0.2, 0.25) is 0 Å².